The first-order chi connectivity index (χ1) is 10.0. The molecule has 2 N–H and O–H groups in total. The van der Waals surface area contributed by atoms with Crippen LogP contribution < -0.4 is 10.2 Å². The highest BCUT2D eigenvalue weighted by Gasteiger charge is 2.27. The Balaban J connectivity index is 1.75. The summed E-state index contributed by atoms with van der Waals surface area (Å²) in [6.07, 6.45) is 2.04. The lowest BCUT2D eigenvalue weighted by Gasteiger charge is -2.28. The molecule has 21 heavy (non-hydrogen) atoms. The average molecular weight is 289 g/mol. The Morgan fingerprint density at radius 2 is 1.86 bits per heavy atom. The van der Waals surface area contributed by atoms with Crippen molar-refractivity contribution in [2.24, 2.45) is 11.8 Å². The van der Waals surface area contributed by atoms with Gasteiger partial charge in [-0.15, -0.1) is 0 Å². The van der Waals surface area contributed by atoms with Crippen LogP contribution in [0.3, 0.4) is 0 Å². The number of benzene rings is 1. The van der Waals surface area contributed by atoms with E-state index in [0.717, 1.165) is 39.0 Å². The second kappa shape index (κ2) is 7.60. The minimum absolute atomic E-state index is 0.227. The fraction of sp³-hybridized carbons (Fsp3) is 0.611. The van der Waals surface area contributed by atoms with Gasteiger partial charge in [0.05, 0.1) is 13.1 Å². The summed E-state index contributed by atoms with van der Waals surface area (Å²) in [5, 5.41) is 3.07. The number of hydrogen-bond acceptors (Lipinski definition) is 1. The molecule has 1 amide bonds. The molecule has 0 spiro atoms. The van der Waals surface area contributed by atoms with Gasteiger partial charge in [-0.05, 0) is 12.8 Å². The molecule has 1 heterocycles. The topological polar surface area (TPSA) is 33.5 Å². The Morgan fingerprint density at radius 1 is 1.24 bits per heavy atom. The maximum Gasteiger partial charge on any atom is 0.223 e. The summed E-state index contributed by atoms with van der Waals surface area (Å²) in [5.74, 6) is 1.02. The molecule has 0 unspecified atom stereocenters. The number of piperidine rings is 1. The molecule has 0 saturated carbocycles. The maximum atomic E-state index is 12.1. The first-order valence-electron chi connectivity index (χ1n) is 8.21. The molecular formula is C18H29N2O+. The number of nitrogens with one attached hydrogen (secondary N) is 2. The van der Waals surface area contributed by atoms with Crippen LogP contribution in [0.2, 0.25) is 0 Å². The second-order valence-electron chi connectivity index (χ2n) is 6.83. The number of quaternary nitrogens is 1. The van der Waals surface area contributed by atoms with E-state index in [2.05, 4.69) is 50.4 Å². The smallest absolute Gasteiger partial charge is 0.223 e. The molecule has 0 atom stereocenters. The van der Waals surface area contributed by atoms with Crippen LogP contribution in [0.15, 0.2) is 24.3 Å². The summed E-state index contributed by atoms with van der Waals surface area (Å²) >= 11 is 0. The van der Waals surface area contributed by atoms with Crippen molar-refractivity contribution in [2.75, 3.05) is 19.6 Å². The van der Waals surface area contributed by atoms with E-state index in [9.17, 15) is 4.79 Å². The average Bonchev–Trinajstić information content (AvgIpc) is 2.48. The lowest BCUT2D eigenvalue weighted by atomic mass is 9.95. The van der Waals surface area contributed by atoms with E-state index in [1.807, 2.05) is 0 Å². The summed E-state index contributed by atoms with van der Waals surface area (Å²) in [6, 6.07) is 8.81. The maximum absolute atomic E-state index is 12.1. The van der Waals surface area contributed by atoms with Crippen molar-refractivity contribution in [3.8, 4) is 0 Å². The molecule has 3 nitrogen and oxygen atoms in total. The third-order valence-electron chi connectivity index (χ3n) is 4.32. The SMILES string of the molecule is Cc1ccc(C[NH+]2CCC(C(=O)NCC(C)C)CC2)cc1. The van der Waals surface area contributed by atoms with Gasteiger partial charge in [-0.3, -0.25) is 4.79 Å². The molecule has 1 fully saturated rings. The molecule has 0 aliphatic carbocycles. The Morgan fingerprint density at radius 3 is 2.43 bits per heavy atom. The van der Waals surface area contributed by atoms with Crippen LogP contribution in [0, 0.1) is 18.8 Å². The molecule has 1 saturated heterocycles. The number of amides is 1. The van der Waals surface area contributed by atoms with Crippen LogP contribution in [0.5, 0.6) is 0 Å². The molecule has 116 valence electrons. The van der Waals surface area contributed by atoms with Crippen LogP contribution in [-0.2, 0) is 11.3 Å². The molecule has 3 heteroatoms. The summed E-state index contributed by atoms with van der Waals surface area (Å²) in [5.41, 5.74) is 2.72. The zero-order valence-electron chi connectivity index (χ0n) is 13.6. The second-order valence-corrected chi connectivity index (χ2v) is 6.83. The van der Waals surface area contributed by atoms with E-state index < -0.39 is 0 Å². The minimum Gasteiger partial charge on any atom is -0.356 e. The van der Waals surface area contributed by atoms with Crippen LogP contribution in [0.4, 0.5) is 0 Å². The van der Waals surface area contributed by atoms with Crippen LogP contribution in [0.1, 0.15) is 37.8 Å². The van der Waals surface area contributed by atoms with E-state index in [1.165, 1.54) is 11.1 Å². The normalized spacial score (nSPS) is 22.3. The quantitative estimate of drug-likeness (QED) is 0.847. The highest BCUT2D eigenvalue weighted by Crippen LogP contribution is 2.10. The Hall–Kier alpha value is -1.35. The van der Waals surface area contributed by atoms with E-state index in [-0.39, 0.29) is 11.8 Å². The van der Waals surface area contributed by atoms with Crippen molar-refractivity contribution in [1.29, 1.82) is 0 Å². The summed E-state index contributed by atoms with van der Waals surface area (Å²) < 4.78 is 0. The zero-order valence-corrected chi connectivity index (χ0v) is 13.6. The monoisotopic (exact) mass is 289 g/mol. The molecule has 2 rings (SSSR count). The van der Waals surface area contributed by atoms with Crippen molar-refractivity contribution in [1.82, 2.24) is 5.32 Å². The van der Waals surface area contributed by atoms with Gasteiger partial charge in [-0.2, -0.15) is 0 Å². The van der Waals surface area contributed by atoms with Gasteiger partial charge >= 0.3 is 0 Å². The van der Waals surface area contributed by atoms with Gasteiger partial charge in [0, 0.05) is 30.9 Å². The first-order valence-corrected chi connectivity index (χ1v) is 8.21. The predicted molar refractivity (Wildman–Crippen MR) is 86.2 cm³/mol. The van der Waals surface area contributed by atoms with Crippen molar-refractivity contribution in [3.05, 3.63) is 35.4 Å². The van der Waals surface area contributed by atoms with Crippen molar-refractivity contribution in [2.45, 2.75) is 40.2 Å². The van der Waals surface area contributed by atoms with Crippen LogP contribution in [-0.4, -0.2) is 25.5 Å². The van der Waals surface area contributed by atoms with Crippen LogP contribution >= 0.6 is 0 Å². The Bertz CT molecular complexity index is 445. The fourth-order valence-electron chi connectivity index (χ4n) is 2.91. The van der Waals surface area contributed by atoms with Crippen molar-refractivity contribution < 1.29 is 9.69 Å². The van der Waals surface area contributed by atoms with Crippen molar-refractivity contribution in [3.63, 3.8) is 0 Å². The summed E-state index contributed by atoms with van der Waals surface area (Å²) in [6.45, 7) is 10.5. The van der Waals surface area contributed by atoms with Gasteiger partial charge in [0.25, 0.3) is 0 Å². The number of likely N-dealkylation sites (tertiary alicyclic amines) is 1. The number of carbonyl (C=O) groups excluding carboxylic acids is 1. The van der Waals surface area contributed by atoms with E-state index >= 15 is 0 Å². The summed E-state index contributed by atoms with van der Waals surface area (Å²) in [7, 11) is 0. The summed E-state index contributed by atoms with van der Waals surface area (Å²) in [4.78, 5) is 13.7. The first kappa shape index (κ1) is 16.0. The molecule has 1 aliphatic rings. The number of aryl methyl sites for hydroxylation is 1. The van der Waals surface area contributed by atoms with Gasteiger partial charge in [0.1, 0.15) is 6.54 Å². The zero-order chi connectivity index (χ0) is 15.2. The standard InChI is InChI=1S/C18H28N2O/c1-14(2)12-19-18(21)17-8-10-20(11-9-17)13-16-6-4-15(3)5-7-16/h4-7,14,17H,8-13H2,1-3H3,(H,19,21)/p+1. The van der Waals surface area contributed by atoms with Gasteiger partial charge in [0.15, 0.2) is 0 Å². The fourth-order valence-corrected chi connectivity index (χ4v) is 2.91. The Labute approximate surface area is 128 Å². The number of hydrogen-bond donors (Lipinski definition) is 2. The molecular weight excluding hydrogens is 260 g/mol. The van der Waals surface area contributed by atoms with Gasteiger partial charge < -0.3 is 10.2 Å². The minimum atomic E-state index is 0.227. The molecule has 1 aliphatic heterocycles. The number of carbonyl (C=O) groups is 1. The lowest BCUT2D eigenvalue weighted by Crippen LogP contribution is -3.11. The number of rotatable bonds is 5. The molecule has 1 aromatic rings. The molecule has 1 aromatic carbocycles. The van der Waals surface area contributed by atoms with Gasteiger partial charge in [-0.25, -0.2) is 0 Å². The highest BCUT2D eigenvalue weighted by atomic mass is 16.1. The van der Waals surface area contributed by atoms with Gasteiger partial charge in [0.2, 0.25) is 5.91 Å². The Kier molecular flexibility index (Phi) is 5.80. The van der Waals surface area contributed by atoms with E-state index in [0.29, 0.717) is 5.92 Å². The largest absolute Gasteiger partial charge is 0.356 e. The molecule has 0 bridgehead atoms. The third-order valence-corrected chi connectivity index (χ3v) is 4.32. The van der Waals surface area contributed by atoms with Crippen molar-refractivity contribution >= 4 is 5.91 Å². The third kappa shape index (κ3) is 5.16. The van der Waals surface area contributed by atoms with Crippen LogP contribution in [0.25, 0.3) is 0 Å². The highest BCUT2D eigenvalue weighted by molar-refractivity contribution is 5.78. The van der Waals surface area contributed by atoms with E-state index in [1.54, 1.807) is 4.90 Å². The van der Waals surface area contributed by atoms with E-state index in [4.69, 9.17) is 0 Å². The lowest BCUT2D eigenvalue weighted by molar-refractivity contribution is -0.919. The molecule has 0 aromatic heterocycles. The molecule has 0 radical (unpaired) electrons. The predicted octanol–water partition coefficient (Wildman–Crippen LogP) is 1.56. The van der Waals surface area contributed by atoms with Gasteiger partial charge in [-0.1, -0.05) is 43.7 Å².